The van der Waals surface area contributed by atoms with E-state index in [1.54, 1.807) is 0 Å². The van der Waals surface area contributed by atoms with Crippen LogP contribution in [0, 0.1) is 0 Å². The molecule has 1 aliphatic rings. The molecule has 0 aromatic carbocycles. The molecule has 0 radical (unpaired) electrons. The summed E-state index contributed by atoms with van der Waals surface area (Å²) in [7, 11) is 2.05. The fraction of sp³-hybridized carbons (Fsp3) is 0.562. The van der Waals surface area contributed by atoms with Gasteiger partial charge in [0.15, 0.2) is 0 Å². The Morgan fingerprint density at radius 1 is 1.33 bits per heavy atom. The zero-order chi connectivity index (χ0) is 12.8. The van der Waals surface area contributed by atoms with Crippen molar-refractivity contribution in [3.05, 3.63) is 41.2 Å². The highest BCUT2D eigenvalue weighted by Crippen LogP contribution is 2.29. The predicted molar refractivity (Wildman–Crippen MR) is 76.6 cm³/mol. The molecule has 1 aromatic heterocycles. The molecule has 1 N–H and O–H groups in total. The quantitative estimate of drug-likeness (QED) is 0.815. The highest BCUT2D eigenvalue weighted by molar-refractivity contribution is 5.30. The van der Waals surface area contributed by atoms with Crippen LogP contribution in [0.25, 0.3) is 0 Å². The smallest absolute Gasteiger partial charge is 0.0711 e. The molecule has 0 saturated heterocycles. The van der Waals surface area contributed by atoms with Gasteiger partial charge in [-0.05, 0) is 50.8 Å². The molecule has 2 rings (SSSR count). The van der Waals surface area contributed by atoms with Gasteiger partial charge in [0, 0.05) is 6.20 Å². The number of rotatable bonds is 4. The molecule has 1 aliphatic carbocycles. The van der Waals surface area contributed by atoms with Crippen molar-refractivity contribution in [2.45, 2.75) is 51.5 Å². The van der Waals surface area contributed by atoms with Crippen molar-refractivity contribution >= 4 is 0 Å². The van der Waals surface area contributed by atoms with E-state index in [0.717, 1.165) is 6.42 Å². The second kappa shape index (κ2) is 6.69. The lowest BCUT2D eigenvalue weighted by Crippen LogP contribution is -2.21. The molecule has 1 heterocycles. The monoisotopic (exact) mass is 244 g/mol. The first-order chi connectivity index (χ1) is 8.86. The van der Waals surface area contributed by atoms with Gasteiger partial charge in [0.25, 0.3) is 0 Å². The van der Waals surface area contributed by atoms with E-state index in [4.69, 9.17) is 0 Å². The number of aryl methyl sites for hydroxylation is 1. The average Bonchev–Trinajstić information content (AvgIpc) is 2.69. The molecular formula is C16H24N2. The standard InChI is InChI=1S/C16H24N2/c1-3-13-11-8-12-18-16(13)15(17-2)14-9-6-4-5-7-10-14/h8-9,11-12,15,17H,3-7,10H2,1-2H3. The van der Waals surface area contributed by atoms with Crippen LogP contribution in [0.2, 0.25) is 0 Å². The molecule has 18 heavy (non-hydrogen) atoms. The summed E-state index contributed by atoms with van der Waals surface area (Å²) in [5.41, 5.74) is 4.11. The van der Waals surface area contributed by atoms with Gasteiger partial charge in [-0.15, -0.1) is 0 Å². The molecule has 0 aliphatic heterocycles. The minimum atomic E-state index is 0.305. The van der Waals surface area contributed by atoms with Crippen molar-refractivity contribution < 1.29 is 0 Å². The molecule has 0 amide bonds. The van der Waals surface area contributed by atoms with E-state index in [0.29, 0.717) is 6.04 Å². The van der Waals surface area contributed by atoms with Crippen molar-refractivity contribution in [3.63, 3.8) is 0 Å². The van der Waals surface area contributed by atoms with Gasteiger partial charge in [-0.2, -0.15) is 0 Å². The zero-order valence-corrected chi connectivity index (χ0v) is 11.6. The maximum absolute atomic E-state index is 4.62. The molecule has 1 aromatic rings. The summed E-state index contributed by atoms with van der Waals surface area (Å²) in [6, 6.07) is 4.54. The van der Waals surface area contributed by atoms with Gasteiger partial charge < -0.3 is 5.32 Å². The molecule has 0 bridgehead atoms. The van der Waals surface area contributed by atoms with Gasteiger partial charge in [0.1, 0.15) is 0 Å². The number of pyridine rings is 1. The van der Waals surface area contributed by atoms with Crippen LogP contribution in [0.3, 0.4) is 0 Å². The van der Waals surface area contributed by atoms with Crippen molar-refractivity contribution in [3.8, 4) is 0 Å². The van der Waals surface area contributed by atoms with Crippen LogP contribution in [0.5, 0.6) is 0 Å². The van der Waals surface area contributed by atoms with Crippen LogP contribution >= 0.6 is 0 Å². The molecule has 2 nitrogen and oxygen atoms in total. The molecule has 1 atom stereocenters. The van der Waals surface area contributed by atoms with Gasteiger partial charge in [0.05, 0.1) is 11.7 Å². The summed E-state index contributed by atoms with van der Waals surface area (Å²) in [5, 5.41) is 3.46. The van der Waals surface area contributed by atoms with E-state index in [1.807, 2.05) is 19.3 Å². The van der Waals surface area contributed by atoms with Gasteiger partial charge in [-0.25, -0.2) is 0 Å². The second-order valence-electron chi connectivity index (χ2n) is 5.00. The second-order valence-corrected chi connectivity index (χ2v) is 5.00. The van der Waals surface area contributed by atoms with Crippen molar-refractivity contribution in [2.75, 3.05) is 7.05 Å². The third-order valence-corrected chi connectivity index (χ3v) is 3.82. The van der Waals surface area contributed by atoms with E-state index in [-0.39, 0.29) is 0 Å². The van der Waals surface area contributed by atoms with E-state index in [1.165, 1.54) is 48.9 Å². The third kappa shape index (κ3) is 2.99. The Kier molecular flexibility index (Phi) is 4.94. The lowest BCUT2D eigenvalue weighted by molar-refractivity contribution is 0.610. The number of likely N-dealkylation sites (N-methyl/N-ethyl adjacent to an activating group) is 1. The molecular weight excluding hydrogens is 220 g/mol. The Morgan fingerprint density at radius 2 is 2.22 bits per heavy atom. The Balaban J connectivity index is 2.29. The zero-order valence-electron chi connectivity index (χ0n) is 11.6. The van der Waals surface area contributed by atoms with Crippen LogP contribution in [0.15, 0.2) is 30.0 Å². The van der Waals surface area contributed by atoms with Crippen molar-refractivity contribution in [2.24, 2.45) is 0 Å². The lowest BCUT2D eigenvalue weighted by atomic mass is 9.95. The molecule has 2 heteroatoms. The van der Waals surface area contributed by atoms with E-state index in [2.05, 4.69) is 29.4 Å². The number of nitrogens with one attached hydrogen (secondary N) is 1. The Bertz CT molecular complexity index is 409. The SMILES string of the molecule is CCc1cccnc1C(NC)C1=CCCCCC1. The van der Waals surface area contributed by atoms with E-state index >= 15 is 0 Å². The topological polar surface area (TPSA) is 24.9 Å². The van der Waals surface area contributed by atoms with Crippen molar-refractivity contribution in [1.82, 2.24) is 10.3 Å². The number of hydrogen-bond acceptors (Lipinski definition) is 2. The normalized spacial score (nSPS) is 18.0. The summed E-state index contributed by atoms with van der Waals surface area (Å²) >= 11 is 0. The van der Waals surface area contributed by atoms with E-state index < -0.39 is 0 Å². The minimum Gasteiger partial charge on any atom is -0.308 e. The minimum absolute atomic E-state index is 0.305. The summed E-state index contributed by atoms with van der Waals surface area (Å²) in [6.07, 6.45) is 11.8. The van der Waals surface area contributed by atoms with Crippen molar-refractivity contribution in [1.29, 1.82) is 0 Å². The highest BCUT2D eigenvalue weighted by Gasteiger charge is 2.19. The highest BCUT2D eigenvalue weighted by atomic mass is 14.9. The predicted octanol–water partition coefficient (Wildman–Crippen LogP) is 3.80. The number of hydrogen-bond donors (Lipinski definition) is 1. The first-order valence-electron chi connectivity index (χ1n) is 7.16. The first kappa shape index (κ1) is 13.3. The molecule has 0 spiro atoms. The molecule has 1 unspecified atom stereocenters. The first-order valence-corrected chi connectivity index (χ1v) is 7.16. The lowest BCUT2D eigenvalue weighted by Gasteiger charge is -2.21. The third-order valence-electron chi connectivity index (χ3n) is 3.82. The largest absolute Gasteiger partial charge is 0.308 e. The van der Waals surface area contributed by atoms with Gasteiger partial charge in [-0.3, -0.25) is 4.98 Å². The summed E-state index contributed by atoms with van der Waals surface area (Å²) < 4.78 is 0. The van der Waals surface area contributed by atoms with Gasteiger partial charge in [0.2, 0.25) is 0 Å². The molecule has 98 valence electrons. The molecule has 0 saturated carbocycles. The summed E-state index contributed by atoms with van der Waals surface area (Å²) in [5.74, 6) is 0. The average molecular weight is 244 g/mol. The van der Waals surface area contributed by atoms with Crippen LogP contribution in [-0.4, -0.2) is 12.0 Å². The van der Waals surface area contributed by atoms with Gasteiger partial charge >= 0.3 is 0 Å². The van der Waals surface area contributed by atoms with Crippen LogP contribution in [0.4, 0.5) is 0 Å². The fourth-order valence-electron chi connectivity index (χ4n) is 2.81. The van der Waals surface area contributed by atoms with E-state index in [9.17, 15) is 0 Å². The van der Waals surface area contributed by atoms with Crippen LogP contribution in [-0.2, 0) is 6.42 Å². The number of allylic oxidation sites excluding steroid dienone is 1. The van der Waals surface area contributed by atoms with Crippen LogP contribution in [0.1, 0.15) is 56.3 Å². The Labute approximate surface area is 111 Å². The Hall–Kier alpha value is -1.15. The summed E-state index contributed by atoms with van der Waals surface area (Å²) in [6.45, 7) is 2.20. The maximum atomic E-state index is 4.62. The Morgan fingerprint density at radius 3 is 3.00 bits per heavy atom. The number of aromatic nitrogens is 1. The summed E-state index contributed by atoms with van der Waals surface area (Å²) in [4.78, 5) is 4.62. The fourth-order valence-corrected chi connectivity index (χ4v) is 2.81. The van der Waals surface area contributed by atoms with Gasteiger partial charge in [-0.1, -0.05) is 31.1 Å². The number of nitrogens with zero attached hydrogens (tertiary/aromatic N) is 1. The van der Waals surface area contributed by atoms with Crippen LogP contribution < -0.4 is 5.32 Å². The molecule has 0 fully saturated rings. The maximum Gasteiger partial charge on any atom is 0.0711 e.